The maximum Gasteiger partial charge on any atom is 0.223 e. The maximum atomic E-state index is 13.5. The highest BCUT2D eigenvalue weighted by molar-refractivity contribution is 14.0. The van der Waals surface area contributed by atoms with E-state index in [0.29, 0.717) is 25.6 Å². The van der Waals surface area contributed by atoms with E-state index in [-0.39, 0.29) is 47.0 Å². The lowest BCUT2D eigenvalue weighted by molar-refractivity contribution is -0.122. The highest BCUT2D eigenvalue weighted by atomic mass is 127. The van der Waals surface area contributed by atoms with Crippen molar-refractivity contribution in [2.45, 2.75) is 39.0 Å². The summed E-state index contributed by atoms with van der Waals surface area (Å²) in [6, 6.07) is 6.65. The third-order valence-corrected chi connectivity index (χ3v) is 4.25. The molecule has 1 aromatic carbocycles. The molecule has 5 nitrogen and oxygen atoms in total. The molecule has 146 valence electrons. The predicted octanol–water partition coefficient (Wildman–Crippen LogP) is 2.80. The summed E-state index contributed by atoms with van der Waals surface area (Å²) >= 11 is 0. The highest BCUT2D eigenvalue weighted by Gasteiger charge is 2.29. The number of rotatable bonds is 8. The number of carbonyl (C=O) groups excluding carboxylic acids is 1. The number of benzene rings is 1. The van der Waals surface area contributed by atoms with Crippen LogP contribution >= 0.6 is 24.0 Å². The Bertz CT molecular complexity index is 617. The molecule has 7 heteroatoms. The normalized spacial score (nSPS) is 14.4. The minimum atomic E-state index is -0.273. The molecular weight excluding hydrogens is 446 g/mol. The second-order valence-electron chi connectivity index (χ2n) is 7.08. The van der Waals surface area contributed by atoms with Gasteiger partial charge in [0.25, 0.3) is 0 Å². The smallest absolute Gasteiger partial charge is 0.223 e. The zero-order chi connectivity index (χ0) is 18.3. The first-order valence-electron chi connectivity index (χ1n) is 8.98. The molecule has 0 heterocycles. The summed E-state index contributed by atoms with van der Waals surface area (Å²) in [6.07, 6.45) is 2.02. The Morgan fingerprint density at radius 3 is 2.54 bits per heavy atom. The van der Waals surface area contributed by atoms with E-state index in [1.165, 1.54) is 6.07 Å². The summed E-state index contributed by atoms with van der Waals surface area (Å²) in [4.78, 5) is 16.2. The first-order valence-corrected chi connectivity index (χ1v) is 8.98. The lowest BCUT2D eigenvalue weighted by Gasteiger charge is -2.24. The molecule has 0 radical (unpaired) electrons. The molecule has 3 N–H and O–H groups in total. The summed E-state index contributed by atoms with van der Waals surface area (Å²) in [5.74, 6) is 0.851. The van der Waals surface area contributed by atoms with Crippen molar-refractivity contribution in [2.75, 3.05) is 26.2 Å². The number of nitrogens with zero attached hydrogens (tertiary/aromatic N) is 1. The molecule has 0 spiro atoms. The van der Waals surface area contributed by atoms with Crippen molar-refractivity contribution >= 4 is 35.8 Å². The van der Waals surface area contributed by atoms with Gasteiger partial charge in [0.15, 0.2) is 5.96 Å². The largest absolute Gasteiger partial charge is 0.357 e. The minimum Gasteiger partial charge on any atom is -0.357 e. The molecule has 1 saturated carbocycles. The van der Waals surface area contributed by atoms with E-state index in [2.05, 4.69) is 20.9 Å². The van der Waals surface area contributed by atoms with E-state index in [1.54, 1.807) is 12.1 Å². The molecule has 0 aromatic heterocycles. The SMILES string of the molecule is CCNC(=NCC(C)(C)c1cccc(F)c1)NCCNC(=O)C1CC1.I. The fraction of sp³-hybridized carbons (Fsp3) is 0.579. The summed E-state index contributed by atoms with van der Waals surface area (Å²) in [5.41, 5.74) is 0.647. The van der Waals surface area contributed by atoms with Crippen LogP contribution < -0.4 is 16.0 Å². The molecule has 1 aromatic rings. The molecule has 26 heavy (non-hydrogen) atoms. The van der Waals surface area contributed by atoms with Gasteiger partial charge in [-0.15, -0.1) is 24.0 Å². The zero-order valence-corrected chi connectivity index (χ0v) is 18.1. The Morgan fingerprint density at radius 1 is 1.23 bits per heavy atom. The molecule has 2 rings (SSSR count). The van der Waals surface area contributed by atoms with E-state index < -0.39 is 0 Å². The van der Waals surface area contributed by atoms with Gasteiger partial charge in [-0.05, 0) is 37.5 Å². The zero-order valence-electron chi connectivity index (χ0n) is 15.8. The molecule has 0 unspecified atom stereocenters. The number of nitrogens with one attached hydrogen (secondary N) is 3. The van der Waals surface area contributed by atoms with Gasteiger partial charge in [-0.25, -0.2) is 4.39 Å². The fourth-order valence-corrected chi connectivity index (χ4v) is 2.48. The number of carbonyl (C=O) groups is 1. The monoisotopic (exact) mass is 476 g/mol. The van der Waals surface area contributed by atoms with Crippen molar-refractivity contribution in [3.05, 3.63) is 35.6 Å². The van der Waals surface area contributed by atoms with Crippen molar-refractivity contribution in [3.8, 4) is 0 Å². The van der Waals surface area contributed by atoms with Crippen LogP contribution in [0.15, 0.2) is 29.3 Å². The molecule has 1 aliphatic carbocycles. The fourth-order valence-electron chi connectivity index (χ4n) is 2.48. The summed E-state index contributed by atoms with van der Waals surface area (Å²) in [5, 5.41) is 9.33. The number of guanidine groups is 1. The maximum absolute atomic E-state index is 13.5. The molecule has 0 aliphatic heterocycles. The van der Waals surface area contributed by atoms with Crippen molar-refractivity contribution in [2.24, 2.45) is 10.9 Å². The van der Waals surface area contributed by atoms with Crippen LogP contribution in [0.4, 0.5) is 4.39 Å². The van der Waals surface area contributed by atoms with Crippen LogP contribution in [0, 0.1) is 11.7 Å². The predicted molar refractivity (Wildman–Crippen MR) is 115 cm³/mol. The van der Waals surface area contributed by atoms with Crippen LogP contribution in [0.5, 0.6) is 0 Å². The van der Waals surface area contributed by atoms with Gasteiger partial charge in [0.1, 0.15) is 5.82 Å². The lowest BCUT2D eigenvalue weighted by atomic mass is 9.85. The number of hydrogen-bond acceptors (Lipinski definition) is 2. The van der Waals surface area contributed by atoms with Gasteiger partial charge in [0.2, 0.25) is 5.91 Å². The van der Waals surface area contributed by atoms with Crippen LogP contribution in [0.25, 0.3) is 0 Å². The Morgan fingerprint density at radius 2 is 1.92 bits per heavy atom. The first kappa shape index (κ1) is 22.7. The van der Waals surface area contributed by atoms with Gasteiger partial charge < -0.3 is 16.0 Å². The Balaban J connectivity index is 0.00000338. The van der Waals surface area contributed by atoms with Crippen LogP contribution in [0.1, 0.15) is 39.2 Å². The van der Waals surface area contributed by atoms with Crippen molar-refractivity contribution in [1.29, 1.82) is 0 Å². The van der Waals surface area contributed by atoms with Gasteiger partial charge in [-0.3, -0.25) is 9.79 Å². The molecule has 1 fully saturated rings. The van der Waals surface area contributed by atoms with E-state index in [0.717, 1.165) is 24.9 Å². The van der Waals surface area contributed by atoms with Crippen molar-refractivity contribution in [3.63, 3.8) is 0 Å². The molecule has 0 saturated heterocycles. The standard InChI is InChI=1S/C19H29FN4O.HI/c1-4-21-18(23-11-10-22-17(25)14-8-9-14)24-13-19(2,3)15-6-5-7-16(20)12-15;/h5-7,12,14H,4,8-11,13H2,1-3H3,(H,22,25)(H2,21,23,24);1H. The van der Waals surface area contributed by atoms with E-state index >= 15 is 0 Å². The van der Waals surface area contributed by atoms with Gasteiger partial charge in [0, 0.05) is 31.0 Å². The van der Waals surface area contributed by atoms with Crippen LogP contribution in [0.2, 0.25) is 0 Å². The molecule has 1 aliphatic rings. The summed E-state index contributed by atoms with van der Waals surface area (Å²) in [6.45, 7) is 8.57. The Hall–Kier alpha value is -1.38. The van der Waals surface area contributed by atoms with Crippen LogP contribution in [0.3, 0.4) is 0 Å². The summed E-state index contributed by atoms with van der Waals surface area (Å²) in [7, 11) is 0. The average Bonchev–Trinajstić information content (AvgIpc) is 3.41. The van der Waals surface area contributed by atoms with Crippen molar-refractivity contribution < 1.29 is 9.18 Å². The number of amides is 1. The first-order chi connectivity index (χ1) is 11.9. The van der Waals surface area contributed by atoms with Crippen molar-refractivity contribution in [1.82, 2.24) is 16.0 Å². The second-order valence-corrected chi connectivity index (χ2v) is 7.08. The van der Waals surface area contributed by atoms with E-state index in [9.17, 15) is 9.18 Å². The van der Waals surface area contributed by atoms with E-state index in [1.807, 2.05) is 26.8 Å². The van der Waals surface area contributed by atoms with Crippen LogP contribution in [-0.4, -0.2) is 38.0 Å². The average molecular weight is 476 g/mol. The van der Waals surface area contributed by atoms with Gasteiger partial charge >= 0.3 is 0 Å². The number of aliphatic imine (C=N–C) groups is 1. The molecule has 0 bridgehead atoms. The lowest BCUT2D eigenvalue weighted by Crippen LogP contribution is -2.42. The topological polar surface area (TPSA) is 65.5 Å². The Labute approximate surface area is 172 Å². The van der Waals surface area contributed by atoms with Gasteiger partial charge in [-0.2, -0.15) is 0 Å². The minimum absolute atomic E-state index is 0. The third-order valence-electron chi connectivity index (χ3n) is 4.25. The molecule has 1 amide bonds. The highest BCUT2D eigenvalue weighted by Crippen LogP contribution is 2.28. The molecule has 0 atom stereocenters. The van der Waals surface area contributed by atoms with E-state index in [4.69, 9.17) is 0 Å². The van der Waals surface area contributed by atoms with Gasteiger partial charge in [0.05, 0.1) is 6.54 Å². The summed E-state index contributed by atoms with van der Waals surface area (Å²) < 4.78 is 13.5. The van der Waals surface area contributed by atoms with Crippen LogP contribution in [-0.2, 0) is 10.2 Å². The Kier molecular flexibility index (Phi) is 9.32. The third kappa shape index (κ3) is 7.47. The number of halogens is 2. The second kappa shape index (κ2) is 10.7. The number of hydrogen-bond donors (Lipinski definition) is 3. The quantitative estimate of drug-likeness (QED) is 0.234. The molecular formula is C19H30FIN4O. The van der Waals surface area contributed by atoms with Gasteiger partial charge in [-0.1, -0.05) is 26.0 Å².